The van der Waals surface area contributed by atoms with Crippen molar-refractivity contribution in [2.24, 2.45) is 28.4 Å². The topological polar surface area (TPSA) is 59.1 Å². The molecule has 0 radical (unpaired) electrons. The lowest BCUT2D eigenvalue weighted by Crippen LogP contribution is -2.65. The summed E-state index contributed by atoms with van der Waals surface area (Å²) in [4.78, 5) is 4.36. The van der Waals surface area contributed by atoms with Crippen molar-refractivity contribution in [3.63, 3.8) is 0 Å². The second-order valence-corrected chi connectivity index (χ2v) is 10.0. The van der Waals surface area contributed by atoms with Crippen LogP contribution in [-0.2, 0) is 0 Å². The average molecular weight is 365 g/mol. The number of aliphatic hydroxyl groups is 1. The number of rotatable bonds is 1. The Hall–Kier alpha value is -1.45. The van der Waals surface area contributed by atoms with Crippen molar-refractivity contribution in [2.45, 2.75) is 70.4 Å². The fourth-order valence-corrected chi connectivity index (χ4v) is 7.39. The van der Waals surface area contributed by atoms with Gasteiger partial charge in [0.1, 0.15) is 0 Å². The molecule has 6 atom stereocenters. The lowest BCUT2D eigenvalue weighted by Gasteiger charge is -2.62. The van der Waals surface area contributed by atoms with E-state index in [1.54, 1.807) is 0 Å². The van der Waals surface area contributed by atoms with E-state index in [4.69, 9.17) is 5.73 Å². The molecule has 2 saturated carbocycles. The lowest BCUT2D eigenvalue weighted by molar-refractivity contribution is -0.0430. The highest BCUT2D eigenvalue weighted by Gasteiger charge is 2.62. The second kappa shape index (κ2) is 5.78. The highest BCUT2D eigenvalue weighted by molar-refractivity contribution is 5.72. The molecular formula is C24H32N2O. The first-order chi connectivity index (χ1) is 12.9. The van der Waals surface area contributed by atoms with E-state index in [0.717, 1.165) is 32.1 Å². The molecule has 4 aliphatic rings. The van der Waals surface area contributed by atoms with Gasteiger partial charge in [0.25, 0.3) is 0 Å². The van der Waals surface area contributed by atoms with Gasteiger partial charge < -0.3 is 10.8 Å². The Morgan fingerprint density at radius 1 is 1.11 bits per heavy atom. The molecule has 2 fully saturated rings. The second-order valence-electron chi connectivity index (χ2n) is 10.0. The van der Waals surface area contributed by atoms with Gasteiger partial charge in [0.05, 0.1) is 6.10 Å². The third-order valence-electron chi connectivity index (χ3n) is 8.82. The van der Waals surface area contributed by atoms with Crippen LogP contribution in [0.3, 0.4) is 0 Å². The summed E-state index contributed by atoms with van der Waals surface area (Å²) in [7, 11) is 0. The molecule has 0 amide bonds. The molecule has 5 rings (SSSR count). The van der Waals surface area contributed by atoms with E-state index in [9.17, 15) is 5.11 Å². The minimum atomic E-state index is -0.159. The molecule has 0 aromatic carbocycles. The van der Waals surface area contributed by atoms with Crippen LogP contribution in [0.5, 0.6) is 0 Å². The fourth-order valence-electron chi connectivity index (χ4n) is 7.39. The molecule has 3 nitrogen and oxygen atoms in total. The summed E-state index contributed by atoms with van der Waals surface area (Å²) in [6.45, 7) is 4.88. The summed E-state index contributed by atoms with van der Waals surface area (Å²) in [5, 5.41) is 10.2. The van der Waals surface area contributed by atoms with E-state index >= 15 is 0 Å². The lowest BCUT2D eigenvalue weighted by atomic mass is 9.44. The van der Waals surface area contributed by atoms with Gasteiger partial charge in [-0.3, -0.25) is 4.98 Å². The molecular weight excluding hydrogens is 332 g/mol. The maximum Gasteiger partial charge on any atom is 0.0577 e. The van der Waals surface area contributed by atoms with Gasteiger partial charge >= 0.3 is 0 Å². The Bertz CT molecular complexity index is 815. The number of fused-ring (bicyclic) bond motifs is 5. The van der Waals surface area contributed by atoms with Crippen LogP contribution in [0, 0.1) is 22.7 Å². The summed E-state index contributed by atoms with van der Waals surface area (Å²) in [5.41, 5.74) is 11.7. The van der Waals surface area contributed by atoms with Crippen molar-refractivity contribution in [1.82, 2.24) is 4.98 Å². The summed E-state index contributed by atoms with van der Waals surface area (Å²) in [6.07, 6.45) is 15.8. The van der Waals surface area contributed by atoms with E-state index in [2.05, 4.69) is 37.0 Å². The number of aromatic nitrogens is 1. The van der Waals surface area contributed by atoms with Gasteiger partial charge in [0.2, 0.25) is 0 Å². The molecule has 1 aromatic heterocycles. The van der Waals surface area contributed by atoms with E-state index in [0.29, 0.717) is 11.8 Å². The molecule has 3 heteroatoms. The number of hydrogen-bond donors (Lipinski definition) is 2. The Morgan fingerprint density at radius 2 is 1.93 bits per heavy atom. The average Bonchev–Trinajstić information content (AvgIpc) is 3.02. The zero-order valence-electron chi connectivity index (χ0n) is 16.6. The van der Waals surface area contributed by atoms with E-state index in [1.807, 2.05) is 18.5 Å². The quantitative estimate of drug-likeness (QED) is 0.722. The van der Waals surface area contributed by atoms with Crippen LogP contribution in [0.4, 0.5) is 0 Å². The maximum atomic E-state index is 10.2. The summed E-state index contributed by atoms with van der Waals surface area (Å²) in [6, 6.07) is 4.24. The molecule has 3 N–H and O–H groups in total. The van der Waals surface area contributed by atoms with Crippen LogP contribution in [0.25, 0.3) is 5.57 Å². The molecule has 1 aromatic rings. The van der Waals surface area contributed by atoms with E-state index in [-0.39, 0.29) is 22.5 Å². The third kappa shape index (κ3) is 2.31. The largest absolute Gasteiger partial charge is 0.393 e. The number of allylic oxidation sites excluding steroid dienone is 2. The Balaban J connectivity index is 1.53. The number of aliphatic hydroxyl groups excluding tert-OH is 1. The monoisotopic (exact) mass is 364 g/mol. The fraction of sp³-hybridized carbons (Fsp3) is 0.625. The normalized spacial score (nSPS) is 46.0. The maximum absolute atomic E-state index is 10.2. The van der Waals surface area contributed by atoms with E-state index < -0.39 is 0 Å². The minimum absolute atomic E-state index is 0.143. The van der Waals surface area contributed by atoms with Crippen LogP contribution in [0.15, 0.2) is 42.3 Å². The van der Waals surface area contributed by atoms with Crippen molar-refractivity contribution in [1.29, 1.82) is 0 Å². The minimum Gasteiger partial charge on any atom is -0.393 e. The first-order valence-corrected chi connectivity index (χ1v) is 10.7. The first kappa shape index (κ1) is 17.6. The predicted molar refractivity (Wildman–Crippen MR) is 109 cm³/mol. The zero-order valence-corrected chi connectivity index (χ0v) is 16.6. The Kier molecular flexibility index (Phi) is 3.77. The highest BCUT2D eigenvalue weighted by Crippen LogP contribution is 2.66. The SMILES string of the molecule is CC12CCC(O)CC1=CCC1(N)C2CCC2(C)C(c3cccnc3)=CCC21. The van der Waals surface area contributed by atoms with Gasteiger partial charge in [0.15, 0.2) is 0 Å². The summed E-state index contributed by atoms with van der Waals surface area (Å²) < 4.78 is 0. The molecule has 144 valence electrons. The zero-order chi connectivity index (χ0) is 18.9. The molecule has 0 aliphatic heterocycles. The molecule has 0 saturated heterocycles. The molecule has 6 unspecified atom stereocenters. The van der Waals surface area contributed by atoms with Gasteiger partial charge in [-0.15, -0.1) is 0 Å². The number of pyridine rings is 1. The first-order valence-electron chi connectivity index (χ1n) is 10.7. The van der Waals surface area contributed by atoms with Gasteiger partial charge in [0, 0.05) is 17.9 Å². The van der Waals surface area contributed by atoms with Gasteiger partial charge in [-0.1, -0.05) is 37.6 Å². The van der Waals surface area contributed by atoms with Crippen molar-refractivity contribution in [3.05, 3.63) is 47.8 Å². The van der Waals surface area contributed by atoms with Crippen molar-refractivity contribution in [3.8, 4) is 0 Å². The van der Waals surface area contributed by atoms with Gasteiger partial charge in [-0.25, -0.2) is 0 Å². The third-order valence-corrected chi connectivity index (χ3v) is 8.82. The standard InChI is InChI=1S/C24H32N2O/c1-22-10-8-18(27)14-17(22)7-12-24(25)20-6-5-19(16-4-3-13-26-15-16)23(20,2)11-9-21(22)24/h3-5,7,13,15,18,20-21,27H,6,8-12,14,25H2,1-2H3. The van der Waals surface area contributed by atoms with Crippen LogP contribution < -0.4 is 5.73 Å². The smallest absolute Gasteiger partial charge is 0.0577 e. The molecule has 1 heterocycles. The number of hydrogen-bond acceptors (Lipinski definition) is 3. The van der Waals surface area contributed by atoms with Crippen LogP contribution in [0.1, 0.15) is 64.4 Å². The predicted octanol–water partition coefficient (Wildman–Crippen LogP) is 4.48. The van der Waals surface area contributed by atoms with Crippen LogP contribution >= 0.6 is 0 Å². The molecule has 4 aliphatic carbocycles. The van der Waals surface area contributed by atoms with Crippen molar-refractivity contribution >= 4 is 5.57 Å². The van der Waals surface area contributed by atoms with Gasteiger partial charge in [-0.05, 0) is 84.8 Å². The van der Waals surface area contributed by atoms with E-state index in [1.165, 1.54) is 29.6 Å². The van der Waals surface area contributed by atoms with Crippen LogP contribution in [-0.4, -0.2) is 21.7 Å². The molecule has 0 bridgehead atoms. The summed E-state index contributed by atoms with van der Waals surface area (Å²) in [5.74, 6) is 1.01. The van der Waals surface area contributed by atoms with Crippen molar-refractivity contribution in [2.75, 3.05) is 0 Å². The number of nitrogens with two attached hydrogens (primary N) is 1. The van der Waals surface area contributed by atoms with Crippen molar-refractivity contribution < 1.29 is 5.11 Å². The molecule has 27 heavy (non-hydrogen) atoms. The van der Waals surface area contributed by atoms with Gasteiger partial charge in [-0.2, -0.15) is 0 Å². The number of nitrogens with zero attached hydrogens (tertiary/aromatic N) is 1. The highest BCUT2D eigenvalue weighted by atomic mass is 16.3. The molecule has 0 spiro atoms. The summed E-state index contributed by atoms with van der Waals surface area (Å²) >= 11 is 0. The Labute approximate surface area is 162 Å². The van der Waals surface area contributed by atoms with Crippen LogP contribution in [0.2, 0.25) is 0 Å². The Morgan fingerprint density at radius 3 is 2.70 bits per heavy atom.